The lowest BCUT2D eigenvalue weighted by atomic mass is 10.1. The van der Waals surface area contributed by atoms with Crippen molar-refractivity contribution in [3.63, 3.8) is 0 Å². The van der Waals surface area contributed by atoms with Gasteiger partial charge in [0.05, 0.1) is 25.3 Å². The maximum absolute atomic E-state index is 13.7. The lowest BCUT2D eigenvalue weighted by Crippen LogP contribution is -2.47. The zero-order valence-electron chi connectivity index (χ0n) is 22.1. The molecule has 1 aliphatic heterocycles. The van der Waals surface area contributed by atoms with Crippen LogP contribution in [-0.4, -0.2) is 72.5 Å². The number of aryl methyl sites for hydroxylation is 1. The van der Waals surface area contributed by atoms with Crippen molar-refractivity contribution >= 4 is 11.8 Å². The lowest BCUT2D eigenvalue weighted by molar-refractivity contribution is -0.137. The summed E-state index contributed by atoms with van der Waals surface area (Å²) in [5, 5.41) is 0. The van der Waals surface area contributed by atoms with E-state index in [2.05, 4.69) is 4.90 Å². The zero-order chi connectivity index (χ0) is 28.7. The molecule has 11 heteroatoms. The van der Waals surface area contributed by atoms with Crippen molar-refractivity contribution in [3.8, 4) is 0 Å². The molecule has 4 rings (SSSR count). The Hall–Kier alpha value is -3.70. The molecule has 0 bridgehead atoms. The summed E-state index contributed by atoms with van der Waals surface area (Å²) in [5.74, 6) is -0.332. The van der Waals surface area contributed by atoms with Crippen molar-refractivity contribution in [3.05, 3.63) is 94.7 Å². The highest BCUT2D eigenvalue weighted by atomic mass is 19.4. The fourth-order valence-corrected chi connectivity index (χ4v) is 4.41. The van der Waals surface area contributed by atoms with Gasteiger partial charge in [0.1, 0.15) is 23.9 Å². The molecule has 0 unspecified atom stereocenters. The number of hydrogen-bond donors (Lipinski definition) is 0. The summed E-state index contributed by atoms with van der Waals surface area (Å²) < 4.78 is 64.5. The van der Waals surface area contributed by atoms with Crippen LogP contribution in [0.3, 0.4) is 0 Å². The SMILES string of the molecule is Cc1ccc(CN(Cc2ccc(F)cc2)C(=O)CN(CCN2CCOCC2)C(=O)c2cccc(C(F)(F)F)c2)o1. The molecule has 214 valence electrons. The highest BCUT2D eigenvalue weighted by molar-refractivity contribution is 5.96. The molecule has 40 heavy (non-hydrogen) atoms. The summed E-state index contributed by atoms with van der Waals surface area (Å²) in [6.45, 7) is 4.55. The van der Waals surface area contributed by atoms with Crippen molar-refractivity contribution in [2.24, 2.45) is 0 Å². The number of furan rings is 1. The highest BCUT2D eigenvalue weighted by Crippen LogP contribution is 2.30. The number of carbonyl (C=O) groups is 2. The quantitative estimate of drug-likeness (QED) is 0.335. The average Bonchev–Trinajstić information content (AvgIpc) is 3.35. The number of benzene rings is 2. The number of ether oxygens (including phenoxy) is 1. The molecule has 0 radical (unpaired) electrons. The molecular weight excluding hydrogens is 530 g/mol. The molecule has 1 aromatic heterocycles. The molecule has 0 atom stereocenters. The van der Waals surface area contributed by atoms with Gasteiger partial charge in [0.25, 0.3) is 5.91 Å². The largest absolute Gasteiger partial charge is 0.464 e. The number of rotatable bonds is 10. The normalized spacial score (nSPS) is 14.2. The molecule has 2 heterocycles. The number of halogens is 4. The molecule has 0 saturated carbocycles. The number of amides is 2. The average molecular weight is 562 g/mol. The Morgan fingerprint density at radius 3 is 2.33 bits per heavy atom. The topological polar surface area (TPSA) is 66.2 Å². The second kappa shape index (κ2) is 13.1. The molecule has 1 aliphatic rings. The van der Waals surface area contributed by atoms with Crippen molar-refractivity contribution in [2.45, 2.75) is 26.2 Å². The Morgan fingerprint density at radius 2 is 1.68 bits per heavy atom. The summed E-state index contributed by atoms with van der Waals surface area (Å²) in [7, 11) is 0. The summed E-state index contributed by atoms with van der Waals surface area (Å²) in [6, 6.07) is 13.4. The van der Waals surface area contributed by atoms with Gasteiger partial charge in [-0.25, -0.2) is 4.39 Å². The predicted molar refractivity (Wildman–Crippen MR) is 139 cm³/mol. The number of nitrogens with zero attached hydrogens (tertiary/aromatic N) is 3. The first-order valence-electron chi connectivity index (χ1n) is 12.9. The van der Waals surface area contributed by atoms with Gasteiger partial charge in [0, 0.05) is 38.3 Å². The van der Waals surface area contributed by atoms with Crippen molar-refractivity contribution in [1.29, 1.82) is 0 Å². The maximum atomic E-state index is 13.7. The van der Waals surface area contributed by atoms with Crippen LogP contribution in [0.5, 0.6) is 0 Å². The van der Waals surface area contributed by atoms with Gasteiger partial charge in [0.15, 0.2) is 0 Å². The summed E-state index contributed by atoms with van der Waals surface area (Å²) in [6.07, 6.45) is -4.61. The van der Waals surface area contributed by atoms with E-state index >= 15 is 0 Å². The molecule has 0 N–H and O–H groups in total. The van der Waals surface area contributed by atoms with Gasteiger partial charge < -0.3 is 19.0 Å². The van der Waals surface area contributed by atoms with Gasteiger partial charge in [-0.1, -0.05) is 18.2 Å². The van der Waals surface area contributed by atoms with Crippen molar-refractivity contribution in [2.75, 3.05) is 45.9 Å². The fraction of sp³-hybridized carbons (Fsp3) is 0.379. The van der Waals surface area contributed by atoms with Crippen LogP contribution in [0.25, 0.3) is 0 Å². The number of carbonyl (C=O) groups excluding carboxylic acids is 2. The Bertz CT molecular complexity index is 1290. The van der Waals surface area contributed by atoms with Crippen LogP contribution in [0.2, 0.25) is 0 Å². The van der Waals surface area contributed by atoms with E-state index in [0.29, 0.717) is 49.9 Å². The van der Waals surface area contributed by atoms with E-state index in [0.717, 1.165) is 12.1 Å². The summed E-state index contributed by atoms with van der Waals surface area (Å²) in [5.41, 5.74) is -0.428. The first-order chi connectivity index (χ1) is 19.1. The third-order valence-electron chi connectivity index (χ3n) is 6.62. The lowest BCUT2D eigenvalue weighted by Gasteiger charge is -2.31. The smallest absolute Gasteiger partial charge is 0.416 e. The monoisotopic (exact) mass is 561 g/mol. The van der Waals surface area contributed by atoms with E-state index in [9.17, 15) is 27.2 Å². The van der Waals surface area contributed by atoms with Crippen molar-refractivity contribution < 1.29 is 36.3 Å². The van der Waals surface area contributed by atoms with Crippen molar-refractivity contribution in [1.82, 2.24) is 14.7 Å². The Balaban J connectivity index is 1.57. The van der Waals surface area contributed by atoms with E-state index in [1.165, 1.54) is 34.1 Å². The van der Waals surface area contributed by atoms with Crippen LogP contribution in [0, 0.1) is 12.7 Å². The van der Waals surface area contributed by atoms with Crippen LogP contribution in [-0.2, 0) is 28.8 Å². The Kier molecular flexibility index (Phi) is 9.59. The minimum absolute atomic E-state index is 0.0963. The minimum atomic E-state index is -4.61. The van der Waals surface area contributed by atoms with E-state index in [4.69, 9.17) is 9.15 Å². The standard InChI is InChI=1S/C29H31F4N3O4/c1-21-5-10-26(40-21)19-36(18-22-6-8-25(30)9-7-22)27(37)20-35(12-11-34-13-15-39-16-14-34)28(38)23-3-2-4-24(17-23)29(31,32)33/h2-10,17H,11-16,18-20H2,1H3. The molecule has 0 aliphatic carbocycles. The molecule has 7 nitrogen and oxygen atoms in total. The second-order valence-electron chi connectivity index (χ2n) is 9.65. The van der Waals surface area contributed by atoms with Crippen LogP contribution in [0.1, 0.15) is 33.0 Å². The molecule has 1 fully saturated rings. The highest BCUT2D eigenvalue weighted by Gasteiger charge is 2.32. The van der Waals surface area contributed by atoms with Gasteiger partial charge in [0.2, 0.25) is 5.91 Å². The molecule has 3 aromatic rings. The Labute approximate surface area is 229 Å². The van der Waals surface area contributed by atoms with Crippen LogP contribution >= 0.6 is 0 Å². The second-order valence-corrected chi connectivity index (χ2v) is 9.65. The van der Waals surface area contributed by atoms with E-state index in [1.807, 2.05) is 0 Å². The molecule has 2 aromatic carbocycles. The molecule has 0 spiro atoms. The number of alkyl halides is 3. The minimum Gasteiger partial charge on any atom is -0.464 e. The zero-order valence-corrected chi connectivity index (χ0v) is 22.1. The summed E-state index contributed by atoms with van der Waals surface area (Å²) in [4.78, 5) is 32.0. The van der Waals surface area contributed by atoms with Gasteiger partial charge >= 0.3 is 6.18 Å². The Morgan fingerprint density at radius 1 is 0.950 bits per heavy atom. The number of morpholine rings is 1. The van der Waals surface area contributed by atoms with E-state index in [1.54, 1.807) is 31.2 Å². The third kappa shape index (κ3) is 8.15. The van der Waals surface area contributed by atoms with Gasteiger partial charge in [-0.15, -0.1) is 0 Å². The molecule has 1 saturated heterocycles. The predicted octanol–water partition coefficient (Wildman–Crippen LogP) is 4.75. The number of hydrogen-bond acceptors (Lipinski definition) is 5. The third-order valence-corrected chi connectivity index (χ3v) is 6.62. The first-order valence-corrected chi connectivity index (χ1v) is 12.9. The maximum Gasteiger partial charge on any atom is 0.416 e. The van der Waals surface area contributed by atoms with Crippen LogP contribution in [0.4, 0.5) is 17.6 Å². The molecule has 2 amide bonds. The van der Waals surface area contributed by atoms with Gasteiger partial charge in [-0.05, 0) is 55.0 Å². The van der Waals surface area contributed by atoms with E-state index in [-0.39, 0.29) is 31.7 Å². The first kappa shape index (κ1) is 29.3. The van der Waals surface area contributed by atoms with Crippen LogP contribution in [0.15, 0.2) is 65.1 Å². The van der Waals surface area contributed by atoms with Gasteiger partial charge in [-0.3, -0.25) is 14.5 Å². The molecular formula is C29H31F4N3O4. The fourth-order valence-electron chi connectivity index (χ4n) is 4.41. The van der Waals surface area contributed by atoms with E-state index < -0.39 is 29.4 Å². The van der Waals surface area contributed by atoms with Gasteiger partial charge in [-0.2, -0.15) is 13.2 Å². The van der Waals surface area contributed by atoms with Crippen LogP contribution < -0.4 is 0 Å². The summed E-state index contributed by atoms with van der Waals surface area (Å²) >= 11 is 0.